The minimum absolute atomic E-state index is 0.0410. The Balaban J connectivity index is 1.76. The van der Waals surface area contributed by atoms with Crippen LogP contribution in [0, 0.1) is 18.3 Å². The van der Waals surface area contributed by atoms with Crippen molar-refractivity contribution in [3.63, 3.8) is 0 Å². The highest BCUT2D eigenvalue weighted by Crippen LogP contribution is 2.33. The molecule has 41 heavy (non-hydrogen) atoms. The number of nitrogens with zero attached hydrogens (tertiary/aromatic N) is 6. The Labute approximate surface area is 236 Å². The van der Waals surface area contributed by atoms with Crippen LogP contribution in [0.5, 0.6) is 0 Å². The van der Waals surface area contributed by atoms with Gasteiger partial charge in [-0.3, -0.25) is 9.59 Å². The number of rotatable bonds is 6. The van der Waals surface area contributed by atoms with Crippen molar-refractivity contribution in [2.24, 2.45) is 0 Å². The first-order chi connectivity index (χ1) is 19.2. The van der Waals surface area contributed by atoms with Gasteiger partial charge in [0.1, 0.15) is 6.54 Å². The molecule has 0 radical (unpaired) electrons. The lowest BCUT2D eigenvalue weighted by molar-refractivity contribution is -0.145. The first-order valence-electron chi connectivity index (χ1n) is 11.9. The van der Waals surface area contributed by atoms with Crippen LogP contribution < -0.4 is 10.6 Å². The van der Waals surface area contributed by atoms with Crippen LogP contribution in [0.2, 0.25) is 5.02 Å². The number of carbonyl (C=O) groups is 2. The number of carbonyl (C=O) groups excluding carboxylic acids is 2. The lowest BCUT2D eigenvalue weighted by atomic mass is 10.0. The Morgan fingerprint density at radius 1 is 1.15 bits per heavy atom. The van der Waals surface area contributed by atoms with Crippen LogP contribution in [-0.2, 0) is 12.7 Å². The van der Waals surface area contributed by atoms with Gasteiger partial charge in [0.25, 0.3) is 17.6 Å². The van der Waals surface area contributed by atoms with Gasteiger partial charge in [-0.05, 0) is 62.7 Å². The van der Waals surface area contributed by atoms with E-state index < -0.39 is 35.9 Å². The largest absolute Gasteiger partial charge is 0.455 e. The number of aromatic nitrogens is 5. The van der Waals surface area contributed by atoms with Gasteiger partial charge in [0.2, 0.25) is 5.89 Å². The number of oxazole rings is 1. The van der Waals surface area contributed by atoms with E-state index in [0.717, 1.165) is 0 Å². The standard InChI is InChI=1S/C26H22ClF3N8O3/c1-13-9-14(11-31)10-16(22(39)34-25(2,3)4)19(13)33-23(40)20-21(15-7-5-6-8-17(15)27)41-18(32-20)12-38-36-24(35-37-38)26(28,29)30/h5-10H,12H2,1-4H3,(H,33,40)(H,34,39). The van der Waals surface area contributed by atoms with Crippen molar-refractivity contribution in [1.29, 1.82) is 5.26 Å². The molecule has 2 heterocycles. The van der Waals surface area contributed by atoms with Crippen LogP contribution in [0.4, 0.5) is 18.9 Å². The summed E-state index contributed by atoms with van der Waals surface area (Å²) in [6.07, 6.45) is -4.81. The summed E-state index contributed by atoms with van der Waals surface area (Å²) in [5.41, 5.74) is 0.189. The van der Waals surface area contributed by atoms with Crippen LogP contribution >= 0.6 is 11.6 Å². The molecular formula is C26H22ClF3N8O3. The van der Waals surface area contributed by atoms with E-state index in [0.29, 0.717) is 10.4 Å². The van der Waals surface area contributed by atoms with Gasteiger partial charge in [0.15, 0.2) is 11.5 Å². The quantitative estimate of drug-likeness (QED) is 0.320. The Bertz CT molecular complexity index is 1680. The molecule has 2 N–H and O–H groups in total. The van der Waals surface area contributed by atoms with Gasteiger partial charge in [-0.25, -0.2) is 4.98 Å². The second-order valence-electron chi connectivity index (χ2n) is 9.89. The normalized spacial score (nSPS) is 11.7. The molecule has 0 saturated heterocycles. The summed E-state index contributed by atoms with van der Waals surface area (Å²) in [7, 11) is 0. The lowest BCUT2D eigenvalue weighted by Crippen LogP contribution is -2.41. The highest BCUT2D eigenvalue weighted by Gasteiger charge is 2.37. The Kier molecular flexibility index (Phi) is 7.85. The van der Waals surface area contributed by atoms with E-state index in [1.165, 1.54) is 12.1 Å². The third kappa shape index (κ3) is 6.69. The van der Waals surface area contributed by atoms with Crippen LogP contribution in [0.15, 0.2) is 40.8 Å². The minimum atomic E-state index is -4.81. The maximum atomic E-state index is 13.6. The van der Waals surface area contributed by atoms with Crippen molar-refractivity contribution in [3.05, 3.63) is 75.5 Å². The molecule has 0 spiro atoms. The molecule has 4 rings (SSSR count). The van der Waals surface area contributed by atoms with E-state index in [-0.39, 0.29) is 44.7 Å². The number of anilines is 1. The van der Waals surface area contributed by atoms with Crippen molar-refractivity contribution in [3.8, 4) is 17.4 Å². The Morgan fingerprint density at radius 3 is 2.46 bits per heavy atom. The van der Waals surface area contributed by atoms with Crippen LogP contribution in [0.1, 0.15) is 64.5 Å². The van der Waals surface area contributed by atoms with Crippen LogP contribution in [0.25, 0.3) is 11.3 Å². The number of nitriles is 1. The molecule has 4 aromatic rings. The van der Waals surface area contributed by atoms with Gasteiger partial charge < -0.3 is 15.1 Å². The third-order valence-corrected chi connectivity index (χ3v) is 5.75. The Hall–Kier alpha value is -4.77. The summed E-state index contributed by atoms with van der Waals surface area (Å²) < 4.78 is 44.5. The fourth-order valence-corrected chi connectivity index (χ4v) is 3.96. The molecule has 2 aromatic heterocycles. The summed E-state index contributed by atoms with van der Waals surface area (Å²) in [5, 5.41) is 24.7. The van der Waals surface area contributed by atoms with Gasteiger partial charge in [-0.2, -0.15) is 23.2 Å². The fraction of sp³-hybridized carbons (Fsp3) is 0.269. The van der Waals surface area contributed by atoms with Crippen LogP contribution in [0.3, 0.4) is 0 Å². The molecule has 0 saturated carbocycles. The summed E-state index contributed by atoms with van der Waals surface area (Å²) >= 11 is 6.34. The van der Waals surface area contributed by atoms with Crippen LogP contribution in [-0.4, -0.2) is 42.5 Å². The van der Waals surface area contributed by atoms with Crippen molar-refractivity contribution in [2.45, 2.75) is 46.0 Å². The molecule has 0 aliphatic heterocycles. The zero-order valence-electron chi connectivity index (χ0n) is 22.1. The van der Waals surface area contributed by atoms with Gasteiger partial charge in [0.05, 0.1) is 27.9 Å². The van der Waals surface area contributed by atoms with Crippen molar-refractivity contribution >= 4 is 29.1 Å². The molecule has 0 fully saturated rings. The van der Waals surface area contributed by atoms with E-state index in [2.05, 4.69) is 31.0 Å². The number of aryl methyl sites for hydroxylation is 1. The number of hydrogen-bond donors (Lipinski definition) is 2. The summed E-state index contributed by atoms with van der Waals surface area (Å²) in [4.78, 5) is 31.5. The highest BCUT2D eigenvalue weighted by atomic mass is 35.5. The molecular weight excluding hydrogens is 565 g/mol. The Morgan fingerprint density at radius 2 is 1.85 bits per heavy atom. The fourth-order valence-electron chi connectivity index (χ4n) is 3.74. The molecule has 0 aliphatic rings. The SMILES string of the molecule is Cc1cc(C#N)cc(C(=O)NC(C)(C)C)c1NC(=O)c1nc(Cn2nnc(C(F)(F)F)n2)oc1-c1ccccc1Cl. The molecule has 0 aliphatic carbocycles. The number of hydrogen-bond acceptors (Lipinski definition) is 8. The maximum Gasteiger partial charge on any atom is 0.455 e. The van der Waals surface area contributed by atoms with Crippen molar-refractivity contribution in [2.75, 3.05) is 5.32 Å². The molecule has 0 atom stereocenters. The first kappa shape index (κ1) is 29.2. The van der Waals surface area contributed by atoms with E-state index >= 15 is 0 Å². The second-order valence-corrected chi connectivity index (χ2v) is 10.3. The topological polar surface area (TPSA) is 152 Å². The number of benzene rings is 2. The summed E-state index contributed by atoms with van der Waals surface area (Å²) in [6.45, 7) is 6.46. The molecule has 11 nitrogen and oxygen atoms in total. The number of halogens is 4. The third-order valence-electron chi connectivity index (χ3n) is 5.42. The van der Waals surface area contributed by atoms with E-state index in [4.69, 9.17) is 16.0 Å². The maximum absolute atomic E-state index is 13.6. The van der Waals surface area contributed by atoms with Gasteiger partial charge in [-0.1, -0.05) is 23.7 Å². The summed E-state index contributed by atoms with van der Waals surface area (Å²) in [6, 6.07) is 11.2. The monoisotopic (exact) mass is 586 g/mol. The average Bonchev–Trinajstić information content (AvgIpc) is 3.52. The first-order valence-corrected chi connectivity index (χ1v) is 12.3. The van der Waals surface area contributed by atoms with Gasteiger partial charge >= 0.3 is 6.18 Å². The predicted molar refractivity (Wildman–Crippen MR) is 140 cm³/mol. The number of nitrogens with one attached hydrogen (secondary N) is 2. The average molecular weight is 587 g/mol. The molecule has 212 valence electrons. The molecule has 15 heteroatoms. The van der Waals surface area contributed by atoms with E-state index in [1.807, 2.05) is 6.07 Å². The van der Waals surface area contributed by atoms with Gasteiger partial charge in [0, 0.05) is 11.1 Å². The lowest BCUT2D eigenvalue weighted by Gasteiger charge is -2.22. The minimum Gasteiger partial charge on any atom is -0.438 e. The van der Waals surface area contributed by atoms with E-state index in [9.17, 15) is 28.0 Å². The molecule has 0 bridgehead atoms. The van der Waals surface area contributed by atoms with E-state index in [1.54, 1.807) is 52.0 Å². The summed E-state index contributed by atoms with van der Waals surface area (Å²) in [5.74, 6) is -3.08. The second kappa shape index (κ2) is 11.0. The smallest absolute Gasteiger partial charge is 0.438 e. The molecule has 2 aromatic carbocycles. The zero-order valence-corrected chi connectivity index (χ0v) is 22.8. The highest BCUT2D eigenvalue weighted by molar-refractivity contribution is 6.33. The van der Waals surface area contributed by atoms with Gasteiger partial charge in [-0.15, -0.1) is 10.2 Å². The number of tetrazole rings is 1. The molecule has 0 unspecified atom stereocenters. The number of amides is 2. The van der Waals surface area contributed by atoms with Crippen molar-refractivity contribution in [1.82, 2.24) is 30.5 Å². The molecule has 2 amide bonds. The predicted octanol–water partition coefficient (Wildman–Crippen LogP) is 5.01. The number of alkyl halides is 3. The zero-order chi connectivity index (χ0) is 30.1. The van der Waals surface area contributed by atoms with Crippen molar-refractivity contribution < 1.29 is 27.2 Å².